The van der Waals surface area contributed by atoms with E-state index in [4.69, 9.17) is 4.74 Å². The molecule has 2 rings (SSSR count). The zero-order chi connectivity index (χ0) is 16.5. The standard InChI is InChI=1S/C17H20FN3O2.2ClH/c1-19-9-4-8-16(22)21-12-13-5-3-10-20-17(13)23-15-7-2-6-14(18)11-15;;/h2-3,5-7,10-11,19H,4,8-9,12H2,1H3,(H,21,22);2*1H. The Hall–Kier alpha value is -1.89. The van der Waals surface area contributed by atoms with Crippen molar-refractivity contribution < 1.29 is 13.9 Å². The third-order valence-electron chi connectivity index (χ3n) is 3.17. The van der Waals surface area contributed by atoms with Crippen LogP contribution in [0.1, 0.15) is 18.4 Å². The lowest BCUT2D eigenvalue weighted by atomic mass is 10.2. The fourth-order valence-corrected chi connectivity index (χ4v) is 2.00. The molecule has 5 nitrogen and oxygen atoms in total. The van der Waals surface area contributed by atoms with Crippen molar-refractivity contribution in [1.82, 2.24) is 15.6 Å². The Morgan fingerprint density at radius 3 is 2.76 bits per heavy atom. The number of ether oxygens (including phenoxy) is 1. The van der Waals surface area contributed by atoms with Gasteiger partial charge >= 0.3 is 0 Å². The van der Waals surface area contributed by atoms with E-state index >= 15 is 0 Å². The highest BCUT2D eigenvalue weighted by molar-refractivity contribution is 5.85. The minimum absolute atomic E-state index is 0. The summed E-state index contributed by atoms with van der Waals surface area (Å²) in [6, 6.07) is 9.43. The molecule has 1 heterocycles. The van der Waals surface area contributed by atoms with Gasteiger partial charge in [0.15, 0.2) is 0 Å². The van der Waals surface area contributed by atoms with Crippen LogP contribution >= 0.6 is 24.8 Å². The third kappa shape index (κ3) is 8.16. The van der Waals surface area contributed by atoms with Gasteiger partial charge in [0.25, 0.3) is 0 Å². The van der Waals surface area contributed by atoms with Crippen LogP contribution in [0.4, 0.5) is 4.39 Å². The van der Waals surface area contributed by atoms with Gasteiger partial charge in [-0.05, 0) is 38.2 Å². The van der Waals surface area contributed by atoms with E-state index in [-0.39, 0.29) is 36.5 Å². The molecule has 8 heteroatoms. The van der Waals surface area contributed by atoms with Gasteiger partial charge in [0.1, 0.15) is 11.6 Å². The van der Waals surface area contributed by atoms with Gasteiger partial charge in [-0.1, -0.05) is 12.1 Å². The third-order valence-corrected chi connectivity index (χ3v) is 3.17. The summed E-state index contributed by atoms with van der Waals surface area (Å²) in [7, 11) is 1.85. The van der Waals surface area contributed by atoms with Crippen molar-refractivity contribution >= 4 is 30.7 Å². The Morgan fingerprint density at radius 2 is 2.04 bits per heavy atom. The lowest BCUT2D eigenvalue weighted by Gasteiger charge is -2.11. The Labute approximate surface area is 159 Å². The highest BCUT2D eigenvalue weighted by Gasteiger charge is 2.08. The van der Waals surface area contributed by atoms with Crippen molar-refractivity contribution in [3.8, 4) is 11.6 Å². The number of carbonyl (C=O) groups excluding carboxylic acids is 1. The van der Waals surface area contributed by atoms with E-state index in [0.717, 1.165) is 18.5 Å². The normalized spacial score (nSPS) is 9.52. The molecule has 1 aromatic heterocycles. The molecule has 0 aliphatic carbocycles. The number of benzene rings is 1. The smallest absolute Gasteiger partial charge is 0.224 e. The molecule has 1 aromatic carbocycles. The molecule has 0 aliphatic rings. The summed E-state index contributed by atoms with van der Waals surface area (Å²) in [5, 5.41) is 5.83. The Balaban J connectivity index is 0.00000288. The number of amides is 1. The fraction of sp³-hybridized carbons (Fsp3) is 0.294. The van der Waals surface area contributed by atoms with E-state index in [1.165, 1.54) is 12.1 Å². The predicted molar refractivity (Wildman–Crippen MR) is 100 cm³/mol. The van der Waals surface area contributed by atoms with Crippen LogP contribution in [0.15, 0.2) is 42.6 Å². The maximum Gasteiger partial charge on any atom is 0.224 e. The first-order chi connectivity index (χ1) is 11.2. The molecule has 2 N–H and O–H groups in total. The highest BCUT2D eigenvalue weighted by atomic mass is 35.5. The molecule has 138 valence electrons. The predicted octanol–water partition coefficient (Wildman–Crippen LogP) is 3.47. The van der Waals surface area contributed by atoms with Gasteiger partial charge < -0.3 is 15.4 Å². The number of carbonyl (C=O) groups is 1. The largest absolute Gasteiger partial charge is 0.439 e. The summed E-state index contributed by atoms with van der Waals surface area (Å²) >= 11 is 0. The number of nitrogens with one attached hydrogen (secondary N) is 2. The molecule has 0 saturated heterocycles. The van der Waals surface area contributed by atoms with E-state index in [0.29, 0.717) is 24.6 Å². The molecular formula is C17H22Cl2FN3O2. The van der Waals surface area contributed by atoms with Gasteiger partial charge in [-0.2, -0.15) is 0 Å². The molecule has 0 atom stereocenters. The molecular weight excluding hydrogens is 368 g/mol. The number of nitrogens with zero attached hydrogens (tertiary/aromatic N) is 1. The van der Waals surface area contributed by atoms with Crippen molar-refractivity contribution in [2.45, 2.75) is 19.4 Å². The van der Waals surface area contributed by atoms with E-state index in [9.17, 15) is 9.18 Å². The summed E-state index contributed by atoms with van der Waals surface area (Å²) in [4.78, 5) is 15.9. The monoisotopic (exact) mass is 389 g/mol. The van der Waals surface area contributed by atoms with Crippen molar-refractivity contribution in [1.29, 1.82) is 0 Å². The number of hydrogen-bond donors (Lipinski definition) is 2. The summed E-state index contributed by atoms with van der Waals surface area (Å²) in [5.41, 5.74) is 0.735. The van der Waals surface area contributed by atoms with Crippen LogP contribution in [0.3, 0.4) is 0 Å². The summed E-state index contributed by atoms with van der Waals surface area (Å²) in [5.74, 6) is 0.317. The van der Waals surface area contributed by atoms with E-state index < -0.39 is 0 Å². The molecule has 0 saturated carbocycles. The first-order valence-corrected chi connectivity index (χ1v) is 7.47. The Bertz CT molecular complexity index is 659. The van der Waals surface area contributed by atoms with Gasteiger partial charge in [0, 0.05) is 30.8 Å². The highest BCUT2D eigenvalue weighted by Crippen LogP contribution is 2.23. The summed E-state index contributed by atoms with van der Waals surface area (Å²) in [6.07, 6.45) is 2.83. The summed E-state index contributed by atoms with van der Waals surface area (Å²) in [6.45, 7) is 1.12. The van der Waals surface area contributed by atoms with Crippen molar-refractivity contribution in [3.05, 3.63) is 54.0 Å². The molecule has 0 radical (unpaired) electrons. The number of hydrogen-bond acceptors (Lipinski definition) is 4. The van der Waals surface area contributed by atoms with Gasteiger partial charge in [0.2, 0.25) is 11.8 Å². The van der Waals surface area contributed by atoms with Crippen molar-refractivity contribution in [2.24, 2.45) is 0 Å². The average Bonchev–Trinajstić information content (AvgIpc) is 2.54. The first kappa shape index (κ1) is 23.1. The molecule has 0 spiro atoms. The second kappa shape index (κ2) is 12.5. The van der Waals surface area contributed by atoms with Crippen LogP contribution in [0.5, 0.6) is 11.6 Å². The van der Waals surface area contributed by atoms with E-state index in [1.54, 1.807) is 24.4 Å². The minimum atomic E-state index is -0.377. The number of halogens is 3. The van der Waals surface area contributed by atoms with Crippen molar-refractivity contribution in [2.75, 3.05) is 13.6 Å². The topological polar surface area (TPSA) is 63.2 Å². The fourth-order valence-electron chi connectivity index (χ4n) is 2.00. The molecule has 1 amide bonds. The molecule has 25 heavy (non-hydrogen) atoms. The first-order valence-electron chi connectivity index (χ1n) is 7.47. The van der Waals surface area contributed by atoms with Crippen LogP contribution in [-0.4, -0.2) is 24.5 Å². The van der Waals surface area contributed by atoms with E-state index in [1.807, 2.05) is 13.1 Å². The van der Waals surface area contributed by atoms with E-state index in [2.05, 4.69) is 15.6 Å². The molecule has 0 aliphatic heterocycles. The maximum atomic E-state index is 13.2. The van der Waals surface area contributed by atoms with Crippen LogP contribution in [0.25, 0.3) is 0 Å². The van der Waals surface area contributed by atoms with Crippen LogP contribution in [0, 0.1) is 5.82 Å². The summed E-state index contributed by atoms with van der Waals surface area (Å²) < 4.78 is 18.8. The molecule has 0 fully saturated rings. The van der Waals surface area contributed by atoms with Gasteiger partial charge in [-0.3, -0.25) is 4.79 Å². The maximum absolute atomic E-state index is 13.2. The lowest BCUT2D eigenvalue weighted by Crippen LogP contribution is -2.24. The lowest BCUT2D eigenvalue weighted by molar-refractivity contribution is -0.121. The molecule has 0 unspecified atom stereocenters. The number of rotatable bonds is 8. The quantitative estimate of drug-likeness (QED) is 0.678. The SMILES string of the molecule is CNCCCC(=O)NCc1cccnc1Oc1cccc(F)c1.Cl.Cl. The zero-order valence-electron chi connectivity index (χ0n) is 13.8. The second-order valence-electron chi connectivity index (χ2n) is 5.01. The van der Waals surface area contributed by atoms with Gasteiger partial charge in [0.05, 0.1) is 0 Å². The zero-order valence-corrected chi connectivity index (χ0v) is 15.5. The van der Waals surface area contributed by atoms with Gasteiger partial charge in [-0.25, -0.2) is 9.37 Å². The van der Waals surface area contributed by atoms with Crippen LogP contribution < -0.4 is 15.4 Å². The average molecular weight is 390 g/mol. The van der Waals surface area contributed by atoms with Crippen molar-refractivity contribution in [3.63, 3.8) is 0 Å². The number of pyridine rings is 1. The molecule has 0 bridgehead atoms. The Kier molecular flexibility index (Phi) is 11.5. The molecule has 2 aromatic rings. The van der Waals surface area contributed by atoms with Crippen LogP contribution in [-0.2, 0) is 11.3 Å². The Morgan fingerprint density at radius 1 is 1.24 bits per heavy atom. The van der Waals surface area contributed by atoms with Gasteiger partial charge in [-0.15, -0.1) is 24.8 Å². The van der Waals surface area contributed by atoms with Crippen LogP contribution in [0.2, 0.25) is 0 Å². The number of aromatic nitrogens is 1. The minimum Gasteiger partial charge on any atom is -0.439 e. The second-order valence-corrected chi connectivity index (χ2v) is 5.01.